The quantitative estimate of drug-likeness (QED) is 0.294. The van der Waals surface area contributed by atoms with Gasteiger partial charge in [-0.1, -0.05) is 0 Å². The van der Waals surface area contributed by atoms with Crippen LogP contribution in [0.2, 0.25) is 0 Å². The molecule has 0 heterocycles. The first kappa shape index (κ1) is 12.1. The van der Waals surface area contributed by atoms with Crippen molar-refractivity contribution in [2.45, 2.75) is 32.3 Å². The van der Waals surface area contributed by atoms with Crippen molar-refractivity contribution < 1.29 is 19.1 Å². The summed E-state index contributed by atoms with van der Waals surface area (Å²) in [7, 11) is 0. The summed E-state index contributed by atoms with van der Waals surface area (Å²) in [6, 6.07) is 0. The van der Waals surface area contributed by atoms with Crippen LogP contribution in [0.5, 0.6) is 0 Å². The average Bonchev–Trinajstić information content (AvgIpc) is 2.00. The molecule has 0 aromatic rings. The minimum absolute atomic E-state index is 0.396. The molecule has 0 aliphatic heterocycles. The first-order valence-electron chi connectivity index (χ1n) is 3.75. The van der Waals surface area contributed by atoms with Crippen molar-refractivity contribution in [1.82, 2.24) is 0 Å². The van der Waals surface area contributed by atoms with E-state index < -0.39 is 29.0 Å². The molecule has 0 bridgehead atoms. The zero-order valence-corrected chi connectivity index (χ0v) is 8.42. The molecule has 0 spiro atoms. The second-order valence-electron chi connectivity index (χ2n) is 2.79. The fraction of sp³-hybridized carbons (Fsp3) is 0.625. The van der Waals surface area contributed by atoms with Gasteiger partial charge >= 0.3 is 5.97 Å². The van der Waals surface area contributed by atoms with Gasteiger partial charge in [-0.05, 0) is 20.8 Å². The van der Waals surface area contributed by atoms with Gasteiger partial charge in [0.15, 0.2) is 11.2 Å². The summed E-state index contributed by atoms with van der Waals surface area (Å²) in [5, 5.41) is -1.42. The number of halogens is 1. The lowest BCUT2D eigenvalue weighted by atomic mass is 10.2. The van der Waals surface area contributed by atoms with Gasteiger partial charge in [0.25, 0.3) is 5.78 Å². The Bertz CT molecular complexity index is 234. The first-order valence-corrected chi connectivity index (χ1v) is 4.19. The summed E-state index contributed by atoms with van der Waals surface area (Å²) >= 11 is 5.34. The SMILES string of the molecule is CC(=O)C(Cl)C(=O)C(=O)OC(C)C. The number of alkyl halides is 1. The molecule has 0 N–H and O–H groups in total. The van der Waals surface area contributed by atoms with Crippen LogP contribution in [0.15, 0.2) is 0 Å². The molecule has 0 amide bonds. The molecule has 1 unspecified atom stereocenters. The van der Waals surface area contributed by atoms with Crippen LogP contribution in [-0.4, -0.2) is 29.0 Å². The predicted molar refractivity (Wildman–Crippen MR) is 46.6 cm³/mol. The van der Waals surface area contributed by atoms with Crippen LogP contribution in [0, 0.1) is 0 Å². The maximum absolute atomic E-state index is 11.0. The van der Waals surface area contributed by atoms with Gasteiger partial charge < -0.3 is 4.74 Å². The summed E-state index contributed by atoms with van der Waals surface area (Å²) < 4.78 is 4.56. The Morgan fingerprint density at radius 3 is 2.00 bits per heavy atom. The highest BCUT2D eigenvalue weighted by atomic mass is 35.5. The van der Waals surface area contributed by atoms with Gasteiger partial charge in [0.1, 0.15) is 0 Å². The summed E-state index contributed by atoms with van der Waals surface area (Å²) in [5.41, 5.74) is 0. The van der Waals surface area contributed by atoms with Gasteiger partial charge in [0, 0.05) is 0 Å². The number of hydrogen-bond acceptors (Lipinski definition) is 4. The van der Waals surface area contributed by atoms with E-state index >= 15 is 0 Å². The van der Waals surface area contributed by atoms with E-state index in [2.05, 4.69) is 4.74 Å². The Balaban J connectivity index is 4.27. The van der Waals surface area contributed by atoms with Crippen LogP contribution >= 0.6 is 11.6 Å². The van der Waals surface area contributed by atoms with Crippen molar-refractivity contribution in [1.29, 1.82) is 0 Å². The highest BCUT2D eigenvalue weighted by Crippen LogP contribution is 2.02. The summed E-state index contributed by atoms with van der Waals surface area (Å²) in [6.07, 6.45) is -0.396. The number of ketones is 2. The minimum Gasteiger partial charge on any atom is -0.457 e. The van der Waals surface area contributed by atoms with Gasteiger partial charge in [-0.2, -0.15) is 0 Å². The van der Waals surface area contributed by atoms with Crippen LogP contribution in [-0.2, 0) is 19.1 Å². The molecule has 0 radical (unpaired) electrons. The Morgan fingerprint density at radius 1 is 1.23 bits per heavy atom. The molecule has 0 aliphatic rings. The fourth-order valence-electron chi connectivity index (χ4n) is 0.560. The number of Topliss-reactive ketones (excluding diaryl/α,β-unsaturated/α-hetero) is 2. The van der Waals surface area contributed by atoms with Crippen molar-refractivity contribution >= 4 is 29.1 Å². The highest BCUT2D eigenvalue weighted by molar-refractivity contribution is 6.54. The number of ether oxygens (including phenoxy) is 1. The normalized spacial score (nSPS) is 12.4. The average molecular weight is 207 g/mol. The van der Waals surface area contributed by atoms with Crippen LogP contribution in [0.1, 0.15) is 20.8 Å². The number of carbonyl (C=O) groups excluding carboxylic acids is 3. The van der Waals surface area contributed by atoms with E-state index in [9.17, 15) is 14.4 Å². The molecule has 74 valence electrons. The molecule has 0 aliphatic carbocycles. The van der Waals surface area contributed by atoms with Crippen molar-refractivity contribution in [3.05, 3.63) is 0 Å². The maximum Gasteiger partial charge on any atom is 0.376 e. The third kappa shape index (κ3) is 4.03. The zero-order chi connectivity index (χ0) is 10.6. The van der Waals surface area contributed by atoms with Crippen LogP contribution in [0.25, 0.3) is 0 Å². The largest absolute Gasteiger partial charge is 0.457 e. The maximum atomic E-state index is 11.0. The standard InChI is InChI=1S/C8H11ClO4/c1-4(2)13-8(12)7(11)6(9)5(3)10/h4,6H,1-3H3. The van der Waals surface area contributed by atoms with E-state index in [1.165, 1.54) is 0 Å². The Kier molecular flexibility index (Phi) is 4.62. The highest BCUT2D eigenvalue weighted by Gasteiger charge is 2.28. The molecule has 4 nitrogen and oxygen atoms in total. The lowest BCUT2D eigenvalue weighted by Gasteiger charge is -2.07. The second kappa shape index (κ2) is 4.97. The monoisotopic (exact) mass is 206 g/mol. The molecule has 0 rings (SSSR count). The van der Waals surface area contributed by atoms with E-state index in [-0.39, 0.29) is 0 Å². The summed E-state index contributed by atoms with van der Waals surface area (Å²) in [4.78, 5) is 32.5. The molecule has 0 saturated heterocycles. The van der Waals surface area contributed by atoms with Crippen LogP contribution < -0.4 is 0 Å². The van der Waals surface area contributed by atoms with Gasteiger partial charge in [0.2, 0.25) is 0 Å². The van der Waals surface area contributed by atoms with Crippen molar-refractivity contribution in [3.63, 3.8) is 0 Å². The van der Waals surface area contributed by atoms with E-state index in [0.717, 1.165) is 6.92 Å². The fourth-order valence-corrected chi connectivity index (χ4v) is 0.649. The van der Waals surface area contributed by atoms with Crippen molar-refractivity contribution in [2.75, 3.05) is 0 Å². The van der Waals surface area contributed by atoms with Gasteiger partial charge in [-0.25, -0.2) is 4.79 Å². The first-order chi connectivity index (χ1) is 5.86. The lowest BCUT2D eigenvalue weighted by molar-refractivity contribution is -0.157. The zero-order valence-electron chi connectivity index (χ0n) is 7.67. The number of rotatable bonds is 4. The third-order valence-corrected chi connectivity index (χ3v) is 1.64. The summed E-state index contributed by atoms with van der Waals surface area (Å²) in [6.45, 7) is 4.34. The molecule has 0 aromatic carbocycles. The predicted octanol–water partition coefficient (Wildman–Crippen LogP) is 0.703. The molecular weight excluding hydrogens is 196 g/mol. The number of carbonyl (C=O) groups is 3. The van der Waals surface area contributed by atoms with Crippen molar-refractivity contribution in [2.24, 2.45) is 0 Å². The molecule has 5 heteroatoms. The van der Waals surface area contributed by atoms with Crippen molar-refractivity contribution in [3.8, 4) is 0 Å². The second-order valence-corrected chi connectivity index (χ2v) is 3.23. The molecule has 1 atom stereocenters. The Labute approximate surface area is 81.2 Å². The number of esters is 1. The molecule has 13 heavy (non-hydrogen) atoms. The van der Waals surface area contributed by atoms with Gasteiger partial charge in [-0.15, -0.1) is 11.6 Å². The Hall–Kier alpha value is -0.900. The Morgan fingerprint density at radius 2 is 1.69 bits per heavy atom. The molecule has 0 fully saturated rings. The van der Waals surface area contributed by atoms with Gasteiger partial charge in [-0.3, -0.25) is 9.59 Å². The van der Waals surface area contributed by atoms with Crippen LogP contribution in [0.3, 0.4) is 0 Å². The molecular formula is C8H11ClO4. The van der Waals surface area contributed by atoms with E-state index in [1.54, 1.807) is 13.8 Å². The van der Waals surface area contributed by atoms with E-state index in [1.807, 2.05) is 0 Å². The lowest BCUT2D eigenvalue weighted by Crippen LogP contribution is -2.32. The van der Waals surface area contributed by atoms with E-state index in [4.69, 9.17) is 11.6 Å². The van der Waals surface area contributed by atoms with Crippen LogP contribution in [0.4, 0.5) is 0 Å². The minimum atomic E-state index is -1.42. The van der Waals surface area contributed by atoms with Gasteiger partial charge in [0.05, 0.1) is 6.10 Å². The third-order valence-electron chi connectivity index (χ3n) is 1.13. The summed E-state index contributed by atoms with van der Waals surface area (Å²) in [5.74, 6) is -2.64. The number of hydrogen-bond donors (Lipinski definition) is 0. The van der Waals surface area contributed by atoms with E-state index in [0.29, 0.717) is 0 Å². The molecule has 0 aromatic heterocycles. The smallest absolute Gasteiger partial charge is 0.376 e. The topological polar surface area (TPSA) is 60.4 Å². The molecule has 0 saturated carbocycles.